The number of benzene rings is 4. The molecule has 2 unspecified atom stereocenters. The number of hydrogen-bond donors (Lipinski definition) is 0. The number of hydrogen-bond acceptors (Lipinski definition) is 0. The van der Waals surface area contributed by atoms with Crippen molar-refractivity contribution in [3.05, 3.63) is 95.1 Å². The number of aryl methyl sites for hydroxylation is 2. The van der Waals surface area contributed by atoms with Crippen molar-refractivity contribution in [2.24, 2.45) is 5.92 Å². The Balaban J connectivity index is 1.31. The van der Waals surface area contributed by atoms with E-state index >= 15 is 0 Å². The summed E-state index contributed by atoms with van der Waals surface area (Å²) in [6.07, 6.45) is 13.2. The van der Waals surface area contributed by atoms with Gasteiger partial charge in [-0.15, -0.1) is 0 Å². The summed E-state index contributed by atoms with van der Waals surface area (Å²) in [6.45, 7) is 0. The van der Waals surface area contributed by atoms with Gasteiger partial charge in [0.1, 0.15) is 0 Å². The van der Waals surface area contributed by atoms with Crippen LogP contribution in [0.1, 0.15) is 73.1 Å². The average molecular weight is 419 g/mol. The smallest absolute Gasteiger partial charge is 0.0102 e. The third-order valence-corrected chi connectivity index (χ3v) is 8.32. The van der Waals surface area contributed by atoms with Gasteiger partial charge in [0.05, 0.1) is 0 Å². The SMILES string of the molecule is c1ccc(CC2CCCC(c3cccc4c3ccc3c5c(ccc34)CCCC5)CC2)cc1. The van der Waals surface area contributed by atoms with E-state index in [2.05, 4.69) is 72.8 Å². The number of fused-ring (bicyclic) bond motifs is 5. The number of rotatable bonds is 3. The van der Waals surface area contributed by atoms with Crippen molar-refractivity contribution in [2.75, 3.05) is 0 Å². The average Bonchev–Trinajstić information content (AvgIpc) is 3.09. The Labute approximate surface area is 192 Å². The molecule has 32 heavy (non-hydrogen) atoms. The van der Waals surface area contributed by atoms with Gasteiger partial charge in [-0.3, -0.25) is 0 Å². The summed E-state index contributed by atoms with van der Waals surface area (Å²) in [5.74, 6) is 1.54. The maximum absolute atomic E-state index is 2.45. The quantitative estimate of drug-likeness (QED) is 0.230. The lowest BCUT2D eigenvalue weighted by Crippen LogP contribution is -2.04. The standard InChI is InChI=1S/C32H34/c1-2-8-23(9-3-1)22-24-10-6-12-26(17-16-24)28-14-7-15-29-30(28)20-21-31-27-13-5-4-11-25(27)18-19-32(29)31/h1-3,7-9,14-15,18-21,24,26H,4-6,10-13,16-17,22H2. The van der Waals surface area contributed by atoms with Gasteiger partial charge in [0.2, 0.25) is 0 Å². The molecule has 2 aliphatic carbocycles. The first-order chi connectivity index (χ1) is 15.9. The molecule has 4 aromatic rings. The zero-order valence-electron chi connectivity index (χ0n) is 19.2. The fourth-order valence-corrected chi connectivity index (χ4v) is 6.65. The van der Waals surface area contributed by atoms with Gasteiger partial charge in [0, 0.05) is 0 Å². The van der Waals surface area contributed by atoms with Gasteiger partial charge >= 0.3 is 0 Å². The van der Waals surface area contributed by atoms with E-state index in [9.17, 15) is 0 Å². The Morgan fingerprint density at radius 1 is 0.562 bits per heavy atom. The van der Waals surface area contributed by atoms with E-state index in [-0.39, 0.29) is 0 Å². The first kappa shape index (κ1) is 20.0. The van der Waals surface area contributed by atoms with Crippen LogP contribution in [0.2, 0.25) is 0 Å². The molecular formula is C32H34. The topological polar surface area (TPSA) is 0 Å². The summed E-state index contributed by atoms with van der Waals surface area (Å²) in [5.41, 5.74) is 6.32. The lowest BCUT2D eigenvalue weighted by molar-refractivity contribution is 0.454. The van der Waals surface area contributed by atoms with Crippen LogP contribution in [0.15, 0.2) is 72.8 Å². The predicted molar refractivity (Wildman–Crippen MR) is 138 cm³/mol. The molecule has 162 valence electrons. The summed E-state index contributed by atoms with van der Waals surface area (Å²) in [6, 6.07) is 28.0. The Morgan fingerprint density at radius 3 is 2.31 bits per heavy atom. The van der Waals surface area contributed by atoms with Crippen LogP contribution in [0.3, 0.4) is 0 Å². The van der Waals surface area contributed by atoms with E-state index in [0.29, 0.717) is 5.92 Å². The highest BCUT2D eigenvalue weighted by molar-refractivity contribution is 6.09. The summed E-state index contributed by atoms with van der Waals surface area (Å²) in [7, 11) is 0. The lowest BCUT2D eigenvalue weighted by Gasteiger charge is -2.21. The van der Waals surface area contributed by atoms with Crippen molar-refractivity contribution in [1.82, 2.24) is 0 Å². The molecule has 0 spiro atoms. The molecule has 0 nitrogen and oxygen atoms in total. The maximum atomic E-state index is 2.45. The van der Waals surface area contributed by atoms with Gasteiger partial charge in [0.25, 0.3) is 0 Å². The van der Waals surface area contributed by atoms with Crippen molar-refractivity contribution >= 4 is 21.5 Å². The van der Waals surface area contributed by atoms with E-state index in [4.69, 9.17) is 0 Å². The van der Waals surface area contributed by atoms with Crippen LogP contribution in [0.25, 0.3) is 21.5 Å². The molecule has 4 aromatic carbocycles. The minimum Gasteiger partial charge on any atom is -0.0622 e. The fourth-order valence-electron chi connectivity index (χ4n) is 6.65. The largest absolute Gasteiger partial charge is 0.0622 e. The third-order valence-electron chi connectivity index (χ3n) is 8.32. The molecule has 2 aliphatic rings. The highest BCUT2D eigenvalue weighted by Gasteiger charge is 2.22. The monoisotopic (exact) mass is 418 g/mol. The van der Waals surface area contributed by atoms with Crippen molar-refractivity contribution in [1.29, 1.82) is 0 Å². The summed E-state index contributed by atoms with van der Waals surface area (Å²) in [4.78, 5) is 0. The minimum absolute atomic E-state index is 0.703. The zero-order chi connectivity index (χ0) is 21.3. The Kier molecular flexibility index (Phi) is 5.47. The molecule has 0 N–H and O–H groups in total. The van der Waals surface area contributed by atoms with E-state index < -0.39 is 0 Å². The molecule has 2 atom stereocenters. The minimum atomic E-state index is 0.703. The van der Waals surface area contributed by atoms with Crippen molar-refractivity contribution in [3.63, 3.8) is 0 Å². The van der Waals surface area contributed by atoms with E-state index in [0.717, 1.165) is 5.92 Å². The van der Waals surface area contributed by atoms with Crippen LogP contribution in [0.5, 0.6) is 0 Å². The molecule has 0 heteroatoms. The maximum Gasteiger partial charge on any atom is -0.0102 e. The van der Waals surface area contributed by atoms with Gasteiger partial charge in [-0.2, -0.15) is 0 Å². The molecule has 0 saturated heterocycles. The molecule has 1 saturated carbocycles. The van der Waals surface area contributed by atoms with Crippen LogP contribution in [-0.4, -0.2) is 0 Å². The zero-order valence-corrected chi connectivity index (χ0v) is 19.2. The van der Waals surface area contributed by atoms with Crippen molar-refractivity contribution in [2.45, 2.75) is 70.1 Å². The second kappa shape index (κ2) is 8.74. The molecule has 0 aromatic heterocycles. The van der Waals surface area contributed by atoms with Crippen LogP contribution < -0.4 is 0 Å². The van der Waals surface area contributed by atoms with E-state index in [1.165, 1.54) is 91.3 Å². The molecular weight excluding hydrogens is 384 g/mol. The van der Waals surface area contributed by atoms with Crippen LogP contribution >= 0.6 is 0 Å². The normalized spacial score (nSPS) is 21.4. The molecule has 1 fully saturated rings. The van der Waals surface area contributed by atoms with Crippen molar-refractivity contribution < 1.29 is 0 Å². The fraction of sp³-hybridized carbons (Fsp3) is 0.375. The Bertz CT molecular complexity index is 1230. The molecule has 0 bridgehead atoms. The first-order valence-corrected chi connectivity index (χ1v) is 12.9. The van der Waals surface area contributed by atoms with Crippen molar-refractivity contribution in [3.8, 4) is 0 Å². The second-order valence-electron chi connectivity index (χ2n) is 10.3. The van der Waals surface area contributed by atoms with Crippen LogP contribution in [0.4, 0.5) is 0 Å². The van der Waals surface area contributed by atoms with Gasteiger partial charge in [0.15, 0.2) is 0 Å². The first-order valence-electron chi connectivity index (χ1n) is 12.9. The van der Waals surface area contributed by atoms with E-state index in [1.807, 2.05) is 0 Å². The van der Waals surface area contributed by atoms with E-state index in [1.54, 1.807) is 16.7 Å². The van der Waals surface area contributed by atoms with Gasteiger partial charge in [-0.25, -0.2) is 0 Å². The summed E-state index contributed by atoms with van der Waals surface area (Å²) >= 11 is 0. The predicted octanol–water partition coefficient (Wildman–Crippen LogP) is 8.78. The molecule has 6 rings (SSSR count). The third kappa shape index (κ3) is 3.75. The Morgan fingerprint density at radius 2 is 1.38 bits per heavy atom. The summed E-state index contributed by atoms with van der Waals surface area (Å²) in [5, 5.41) is 5.96. The molecule has 0 amide bonds. The lowest BCUT2D eigenvalue weighted by atomic mass is 9.83. The molecule has 0 radical (unpaired) electrons. The highest BCUT2D eigenvalue weighted by Crippen LogP contribution is 2.40. The second-order valence-corrected chi connectivity index (χ2v) is 10.3. The summed E-state index contributed by atoms with van der Waals surface area (Å²) < 4.78 is 0. The highest BCUT2D eigenvalue weighted by atomic mass is 14.3. The van der Waals surface area contributed by atoms with Gasteiger partial charge in [-0.05, 0) is 107 Å². The molecule has 0 heterocycles. The molecule has 0 aliphatic heterocycles. The van der Waals surface area contributed by atoms with Gasteiger partial charge in [-0.1, -0.05) is 85.6 Å². The van der Waals surface area contributed by atoms with Gasteiger partial charge < -0.3 is 0 Å². The Hall–Kier alpha value is -2.60. The van der Waals surface area contributed by atoms with Crippen LogP contribution in [0, 0.1) is 5.92 Å². The van der Waals surface area contributed by atoms with Crippen LogP contribution in [-0.2, 0) is 19.3 Å².